The molecule has 1 aromatic rings. The van der Waals surface area contributed by atoms with Crippen LogP contribution in [0.3, 0.4) is 0 Å². The van der Waals surface area contributed by atoms with E-state index in [1.165, 1.54) is 6.07 Å². The first-order valence-electron chi connectivity index (χ1n) is 5.49. The van der Waals surface area contributed by atoms with E-state index in [2.05, 4.69) is 0 Å². The number of sulfone groups is 1. The third-order valence-corrected chi connectivity index (χ3v) is 6.26. The molecule has 1 unspecified atom stereocenters. The minimum atomic E-state index is -3.13. The molecule has 7 heteroatoms. The smallest absolute Gasteiger partial charge is 0.151 e. The van der Waals surface area contributed by atoms with Crippen LogP contribution < -0.4 is 5.73 Å². The van der Waals surface area contributed by atoms with Crippen molar-refractivity contribution in [3.8, 4) is 0 Å². The highest BCUT2D eigenvalue weighted by atomic mass is 35.5. The second-order valence-electron chi connectivity index (χ2n) is 3.89. The lowest BCUT2D eigenvalue weighted by molar-refractivity contribution is 0.595. The van der Waals surface area contributed by atoms with Crippen LogP contribution in [0.5, 0.6) is 0 Å². The number of nitrogen functional groups attached to an aromatic ring is 1. The number of halogens is 1. The van der Waals surface area contributed by atoms with Crippen LogP contribution in [0.15, 0.2) is 23.1 Å². The Labute approximate surface area is 115 Å². The van der Waals surface area contributed by atoms with Gasteiger partial charge in [0.25, 0.3) is 0 Å². The summed E-state index contributed by atoms with van der Waals surface area (Å²) in [6, 6.07) is 4.69. The first kappa shape index (κ1) is 15.5. The lowest BCUT2D eigenvalue weighted by Crippen LogP contribution is -2.16. The molecule has 0 spiro atoms. The van der Waals surface area contributed by atoms with Gasteiger partial charge in [-0.25, -0.2) is 8.42 Å². The van der Waals surface area contributed by atoms with Crippen molar-refractivity contribution in [2.45, 2.75) is 18.2 Å². The van der Waals surface area contributed by atoms with Crippen LogP contribution in [-0.4, -0.2) is 29.9 Å². The quantitative estimate of drug-likeness (QED) is 0.814. The molecule has 0 saturated heterocycles. The summed E-state index contributed by atoms with van der Waals surface area (Å²) in [5, 5.41) is 0.343. The van der Waals surface area contributed by atoms with E-state index in [0.717, 1.165) is 0 Å². The van der Waals surface area contributed by atoms with Crippen LogP contribution in [0.1, 0.15) is 13.3 Å². The Morgan fingerprint density at radius 3 is 2.61 bits per heavy atom. The molecule has 4 nitrogen and oxygen atoms in total. The van der Waals surface area contributed by atoms with Crippen LogP contribution in [0.2, 0.25) is 5.02 Å². The van der Waals surface area contributed by atoms with Gasteiger partial charge in [0.15, 0.2) is 9.84 Å². The zero-order chi connectivity index (χ0) is 13.8. The summed E-state index contributed by atoms with van der Waals surface area (Å²) >= 11 is 5.90. The maximum atomic E-state index is 12.0. The molecule has 0 aliphatic rings. The molecule has 1 atom stereocenters. The van der Waals surface area contributed by atoms with E-state index in [1.54, 1.807) is 19.1 Å². The second-order valence-corrected chi connectivity index (χ2v) is 8.14. The van der Waals surface area contributed by atoms with E-state index in [4.69, 9.17) is 17.3 Å². The van der Waals surface area contributed by atoms with E-state index in [-0.39, 0.29) is 17.3 Å². The van der Waals surface area contributed by atoms with E-state index in [1.807, 2.05) is 0 Å². The van der Waals surface area contributed by atoms with Crippen molar-refractivity contribution >= 4 is 37.9 Å². The van der Waals surface area contributed by atoms with Crippen LogP contribution in [-0.2, 0) is 20.6 Å². The molecule has 0 aliphatic carbocycles. The van der Waals surface area contributed by atoms with Gasteiger partial charge in [0.1, 0.15) is 0 Å². The molecule has 0 aromatic heterocycles. The fourth-order valence-corrected chi connectivity index (χ4v) is 5.02. The van der Waals surface area contributed by atoms with Gasteiger partial charge < -0.3 is 5.73 Å². The van der Waals surface area contributed by atoms with Crippen LogP contribution >= 0.6 is 11.6 Å². The molecule has 0 saturated carbocycles. The molecule has 1 aromatic carbocycles. The zero-order valence-electron chi connectivity index (χ0n) is 10.1. The zero-order valence-corrected chi connectivity index (χ0v) is 12.4. The van der Waals surface area contributed by atoms with Gasteiger partial charge in [-0.2, -0.15) is 0 Å². The highest BCUT2D eigenvalue weighted by Gasteiger charge is 2.15. The summed E-state index contributed by atoms with van der Waals surface area (Å²) in [6.45, 7) is 1.79. The molecule has 0 fully saturated rings. The van der Waals surface area contributed by atoms with Crippen LogP contribution in [0.4, 0.5) is 5.69 Å². The summed E-state index contributed by atoms with van der Waals surface area (Å²) in [7, 11) is -4.57. The normalized spacial score (nSPS) is 13.4. The van der Waals surface area contributed by atoms with Crippen molar-refractivity contribution in [1.82, 2.24) is 0 Å². The number of hydrogen-bond acceptors (Lipinski definition) is 4. The van der Waals surface area contributed by atoms with Crippen LogP contribution in [0, 0.1) is 0 Å². The molecule has 0 amide bonds. The maximum Gasteiger partial charge on any atom is 0.151 e. The minimum Gasteiger partial charge on any atom is -0.399 e. The third-order valence-electron chi connectivity index (χ3n) is 2.30. The SMILES string of the molecule is CCCS(=O)(=O)CCS(=O)c1cc(N)ccc1Cl. The van der Waals surface area contributed by atoms with E-state index in [9.17, 15) is 12.6 Å². The molecule has 102 valence electrons. The highest BCUT2D eigenvalue weighted by Crippen LogP contribution is 2.22. The third kappa shape index (κ3) is 4.59. The van der Waals surface area contributed by atoms with Gasteiger partial charge in [-0.15, -0.1) is 0 Å². The largest absolute Gasteiger partial charge is 0.399 e. The number of anilines is 1. The van der Waals surface area contributed by atoms with Crippen molar-refractivity contribution in [3.05, 3.63) is 23.2 Å². The Morgan fingerprint density at radius 1 is 1.33 bits per heavy atom. The molecule has 0 heterocycles. The van der Waals surface area contributed by atoms with Gasteiger partial charge in [0, 0.05) is 17.2 Å². The average molecular weight is 310 g/mol. The summed E-state index contributed by atoms with van der Waals surface area (Å²) in [4.78, 5) is 0.392. The minimum absolute atomic E-state index is 0.0471. The molecule has 0 aliphatic heterocycles. The predicted molar refractivity (Wildman–Crippen MR) is 76.1 cm³/mol. The highest BCUT2D eigenvalue weighted by molar-refractivity contribution is 7.93. The standard InChI is InChI=1S/C11H16ClNO3S2/c1-2-6-18(15,16)7-5-17(14)11-8-9(13)3-4-10(11)12/h3-4,8H,2,5-7,13H2,1H3. The van der Waals surface area contributed by atoms with Crippen molar-refractivity contribution in [3.63, 3.8) is 0 Å². The summed E-state index contributed by atoms with van der Waals surface area (Å²) in [6.07, 6.45) is 0.564. The number of hydrogen-bond donors (Lipinski definition) is 1. The summed E-state index contributed by atoms with van der Waals surface area (Å²) in [5.74, 6) is 0.0684. The van der Waals surface area contributed by atoms with E-state index in [0.29, 0.717) is 22.0 Å². The Hall–Kier alpha value is -0.590. The van der Waals surface area contributed by atoms with Crippen LogP contribution in [0.25, 0.3) is 0 Å². The van der Waals surface area contributed by atoms with Gasteiger partial charge in [-0.1, -0.05) is 18.5 Å². The molecule has 2 N–H and O–H groups in total. The molecule has 1 rings (SSSR count). The number of nitrogens with two attached hydrogens (primary N) is 1. The monoisotopic (exact) mass is 309 g/mol. The topological polar surface area (TPSA) is 77.2 Å². The second kappa shape index (κ2) is 6.54. The van der Waals surface area contributed by atoms with E-state index >= 15 is 0 Å². The molecular weight excluding hydrogens is 294 g/mol. The molecule has 0 bridgehead atoms. The van der Waals surface area contributed by atoms with Crippen molar-refractivity contribution < 1.29 is 12.6 Å². The number of benzene rings is 1. The lowest BCUT2D eigenvalue weighted by atomic mass is 10.3. The first-order valence-corrected chi connectivity index (χ1v) is 9.01. The Morgan fingerprint density at radius 2 is 2.00 bits per heavy atom. The van der Waals surface area contributed by atoms with Gasteiger partial charge in [-0.05, 0) is 24.6 Å². The summed E-state index contributed by atoms with van der Waals surface area (Å²) in [5.41, 5.74) is 6.04. The fraction of sp³-hybridized carbons (Fsp3) is 0.455. The van der Waals surface area contributed by atoms with Crippen molar-refractivity contribution in [1.29, 1.82) is 0 Å². The molecule has 18 heavy (non-hydrogen) atoms. The van der Waals surface area contributed by atoms with Crippen molar-refractivity contribution in [2.75, 3.05) is 23.0 Å². The Balaban J connectivity index is 2.75. The Kier molecular flexibility index (Phi) is 5.62. The van der Waals surface area contributed by atoms with Crippen molar-refractivity contribution in [2.24, 2.45) is 0 Å². The molecular formula is C11H16ClNO3S2. The lowest BCUT2D eigenvalue weighted by Gasteiger charge is -2.06. The van der Waals surface area contributed by atoms with Gasteiger partial charge in [0.05, 0.1) is 26.5 Å². The van der Waals surface area contributed by atoms with Gasteiger partial charge in [0.2, 0.25) is 0 Å². The summed E-state index contributed by atoms with van der Waals surface area (Å²) < 4.78 is 35.0. The average Bonchev–Trinajstić information content (AvgIpc) is 2.29. The number of rotatable bonds is 6. The van der Waals surface area contributed by atoms with E-state index < -0.39 is 20.6 Å². The first-order chi connectivity index (χ1) is 8.35. The predicted octanol–water partition coefficient (Wildman–Crippen LogP) is 1.85. The van der Waals surface area contributed by atoms with Gasteiger partial charge >= 0.3 is 0 Å². The Bertz CT molecular complexity index is 543. The van der Waals surface area contributed by atoms with Gasteiger partial charge in [-0.3, -0.25) is 4.21 Å². The fourth-order valence-electron chi connectivity index (χ4n) is 1.42. The maximum absolute atomic E-state index is 12.0. The molecule has 0 radical (unpaired) electrons.